The minimum Gasteiger partial charge on any atom is -0.393 e. The van der Waals surface area contributed by atoms with E-state index in [1.54, 1.807) is 0 Å². The lowest BCUT2D eigenvalue weighted by Crippen LogP contribution is -2.57. The van der Waals surface area contributed by atoms with Crippen LogP contribution >= 0.6 is 17.0 Å². The van der Waals surface area contributed by atoms with Gasteiger partial charge in [-0.3, -0.25) is 4.90 Å². The Bertz CT molecular complexity index is 756. The summed E-state index contributed by atoms with van der Waals surface area (Å²) in [6.07, 6.45) is 11.4. The van der Waals surface area contributed by atoms with Crippen molar-refractivity contribution >= 4 is 17.0 Å². The standard InChI is InChI=1S/C27H43NO2.BrH/c1-15-5-8-22-16(2)25-23(28(22)14-15)12-21-19-7-6-17-11-18(29)9-10-26(17,3)20(19)13-24(30)27(21,25)4;/h6,15-16,18-25,29-30H,5,7-14H2,1-4H3;1H/t15-,16+,18-,19+,20-,21-,22+,23-,24-,25-,26-,27+;/m0./s1. The van der Waals surface area contributed by atoms with E-state index in [0.29, 0.717) is 23.8 Å². The zero-order valence-electron chi connectivity index (χ0n) is 20.0. The summed E-state index contributed by atoms with van der Waals surface area (Å²) in [5.41, 5.74) is 1.80. The lowest BCUT2D eigenvalue weighted by Gasteiger charge is -2.60. The quantitative estimate of drug-likeness (QED) is 0.455. The molecule has 2 aliphatic heterocycles. The first kappa shape index (κ1) is 22.9. The molecule has 31 heavy (non-hydrogen) atoms. The molecule has 2 saturated heterocycles. The highest BCUT2D eigenvalue weighted by atomic mass is 79.9. The minimum atomic E-state index is -0.164. The van der Waals surface area contributed by atoms with Crippen molar-refractivity contribution in [2.45, 2.75) is 103 Å². The fraction of sp³-hybridized carbons (Fsp3) is 0.926. The normalized spacial score (nSPS) is 58.2. The van der Waals surface area contributed by atoms with Crippen molar-refractivity contribution in [3.05, 3.63) is 11.6 Å². The highest BCUT2D eigenvalue weighted by Gasteiger charge is 2.69. The third-order valence-electron chi connectivity index (χ3n) is 11.8. The van der Waals surface area contributed by atoms with Crippen LogP contribution in [-0.2, 0) is 0 Å². The first-order valence-electron chi connectivity index (χ1n) is 13.1. The van der Waals surface area contributed by atoms with Gasteiger partial charge in [-0.25, -0.2) is 0 Å². The smallest absolute Gasteiger partial charge is 0.0603 e. The Morgan fingerprint density at radius 2 is 1.77 bits per heavy atom. The fourth-order valence-electron chi connectivity index (χ4n) is 10.3. The van der Waals surface area contributed by atoms with Crippen LogP contribution in [0.15, 0.2) is 11.6 Å². The molecular weight excluding hydrogens is 450 g/mol. The second-order valence-corrected chi connectivity index (χ2v) is 12.9. The summed E-state index contributed by atoms with van der Waals surface area (Å²) in [7, 11) is 0. The molecule has 0 bridgehead atoms. The summed E-state index contributed by atoms with van der Waals surface area (Å²) in [6, 6.07) is 1.46. The molecule has 0 aromatic carbocycles. The number of rotatable bonds is 0. The van der Waals surface area contributed by atoms with Crippen LogP contribution in [0.2, 0.25) is 0 Å². The summed E-state index contributed by atoms with van der Waals surface area (Å²) in [6.45, 7) is 11.2. The van der Waals surface area contributed by atoms with E-state index in [1.165, 1.54) is 37.8 Å². The highest BCUT2D eigenvalue weighted by molar-refractivity contribution is 8.93. The molecule has 3 saturated carbocycles. The molecule has 0 amide bonds. The number of hydrogen-bond acceptors (Lipinski definition) is 3. The van der Waals surface area contributed by atoms with Crippen molar-refractivity contribution in [3.63, 3.8) is 0 Å². The molecule has 0 spiro atoms. The lowest BCUT2D eigenvalue weighted by atomic mass is 9.46. The van der Waals surface area contributed by atoms with E-state index in [2.05, 4.69) is 38.7 Å². The number of halogens is 1. The van der Waals surface area contributed by atoms with Crippen molar-refractivity contribution in [3.8, 4) is 0 Å². The van der Waals surface area contributed by atoms with Gasteiger partial charge in [0.05, 0.1) is 12.2 Å². The molecule has 0 aromatic heterocycles. The molecule has 6 aliphatic rings. The molecule has 0 radical (unpaired) electrons. The van der Waals surface area contributed by atoms with Gasteiger partial charge >= 0.3 is 0 Å². The zero-order chi connectivity index (χ0) is 21.0. The Morgan fingerprint density at radius 3 is 2.55 bits per heavy atom. The fourth-order valence-corrected chi connectivity index (χ4v) is 10.3. The SMILES string of the molecule is Br.C[C@H]1CC[C@@H]2[C@@H](C)[C@H]3[C@H](C[C@H]4[C@@H]5CC=C6C[C@@H](O)CC[C@]6(C)[C@H]5C[C@H](O)[C@]34C)N2C1. The molecule has 0 unspecified atom stereocenters. The van der Waals surface area contributed by atoms with Gasteiger partial charge in [-0.2, -0.15) is 0 Å². The second-order valence-electron chi connectivity index (χ2n) is 12.9. The van der Waals surface area contributed by atoms with Crippen LogP contribution in [0.1, 0.15) is 79.1 Å². The second kappa shape index (κ2) is 7.55. The first-order valence-corrected chi connectivity index (χ1v) is 13.1. The third-order valence-corrected chi connectivity index (χ3v) is 11.8. The van der Waals surface area contributed by atoms with Crippen LogP contribution in [-0.4, -0.2) is 45.9 Å². The van der Waals surface area contributed by atoms with E-state index >= 15 is 0 Å². The molecule has 176 valence electrons. The molecule has 2 heterocycles. The van der Waals surface area contributed by atoms with Crippen LogP contribution < -0.4 is 0 Å². The molecule has 3 nitrogen and oxygen atoms in total. The largest absolute Gasteiger partial charge is 0.393 e. The van der Waals surface area contributed by atoms with Crippen LogP contribution in [0.25, 0.3) is 0 Å². The van der Waals surface area contributed by atoms with Gasteiger partial charge in [0.1, 0.15) is 0 Å². The van der Waals surface area contributed by atoms with Crippen LogP contribution in [0.3, 0.4) is 0 Å². The molecular formula is C27H44BrNO2. The maximum Gasteiger partial charge on any atom is 0.0603 e. The van der Waals surface area contributed by atoms with Crippen molar-refractivity contribution in [1.82, 2.24) is 4.90 Å². The van der Waals surface area contributed by atoms with E-state index in [-0.39, 0.29) is 40.0 Å². The Labute approximate surface area is 199 Å². The highest BCUT2D eigenvalue weighted by Crippen LogP contribution is 2.69. The summed E-state index contributed by atoms with van der Waals surface area (Å²) in [5, 5.41) is 22.1. The van der Waals surface area contributed by atoms with Gasteiger partial charge in [0, 0.05) is 24.0 Å². The predicted octanol–water partition coefficient (Wildman–Crippen LogP) is 5.20. The summed E-state index contributed by atoms with van der Waals surface area (Å²) < 4.78 is 0. The monoisotopic (exact) mass is 493 g/mol. The van der Waals surface area contributed by atoms with Gasteiger partial charge in [0.15, 0.2) is 0 Å². The third kappa shape index (κ3) is 2.93. The van der Waals surface area contributed by atoms with Crippen molar-refractivity contribution in [2.24, 2.45) is 46.3 Å². The van der Waals surface area contributed by atoms with Crippen LogP contribution in [0, 0.1) is 46.3 Å². The van der Waals surface area contributed by atoms with E-state index in [4.69, 9.17) is 0 Å². The summed E-state index contributed by atoms with van der Waals surface area (Å²) in [5.74, 6) is 4.19. The number of hydrogen-bond donors (Lipinski definition) is 2. The number of fused-ring (bicyclic) bond motifs is 9. The van der Waals surface area contributed by atoms with Crippen LogP contribution in [0.4, 0.5) is 0 Å². The maximum atomic E-state index is 11.8. The van der Waals surface area contributed by atoms with Crippen molar-refractivity contribution in [1.29, 1.82) is 0 Å². The first-order chi connectivity index (χ1) is 14.2. The Balaban J connectivity index is 0.00000204. The molecule has 2 N–H and O–H groups in total. The maximum absolute atomic E-state index is 11.8. The minimum absolute atomic E-state index is 0. The Kier molecular flexibility index (Phi) is 5.57. The van der Waals surface area contributed by atoms with Gasteiger partial charge in [0.2, 0.25) is 0 Å². The molecule has 6 rings (SSSR count). The summed E-state index contributed by atoms with van der Waals surface area (Å²) >= 11 is 0. The number of aliphatic hydroxyl groups is 2. The average Bonchev–Trinajstić information content (AvgIpc) is 3.17. The van der Waals surface area contributed by atoms with Gasteiger partial charge in [0.25, 0.3) is 0 Å². The average molecular weight is 495 g/mol. The molecule has 4 heteroatoms. The molecule has 12 atom stereocenters. The van der Waals surface area contributed by atoms with Crippen LogP contribution in [0.5, 0.6) is 0 Å². The lowest BCUT2D eigenvalue weighted by molar-refractivity contribution is -0.135. The van der Waals surface area contributed by atoms with Gasteiger partial charge in [-0.15, -0.1) is 17.0 Å². The number of allylic oxidation sites excluding steroid dienone is 1. The Morgan fingerprint density at radius 1 is 1.00 bits per heavy atom. The topological polar surface area (TPSA) is 43.7 Å². The van der Waals surface area contributed by atoms with Gasteiger partial charge in [-0.1, -0.05) is 39.3 Å². The molecule has 0 aromatic rings. The number of piperidine rings is 1. The van der Waals surface area contributed by atoms with Crippen molar-refractivity contribution in [2.75, 3.05) is 6.54 Å². The number of nitrogens with zero attached hydrogens (tertiary/aromatic N) is 1. The van der Waals surface area contributed by atoms with E-state index < -0.39 is 0 Å². The molecule has 4 aliphatic carbocycles. The van der Waals surface area contributed by atoms with Gasteiger partial charge < -0.3 is 10.2 Å². The predicted molar refractivity (Wildman–Crippen MR) is 130 cm³/mol. The molecule has 5 fully saturated rings. The zero-order valence-corrected chi connectivity index (χ0v) is 21.7. The Hall–Kier alpha value is 0.1000. The van der Waals surface area contributed by atoms with Gasteiger partial charge in [-0.05, 0) is 92.3 Å². The summed E-state index contributed by atoms with van der Waals surface area (Å²) in [4.78, 5) is 2.91. The number of aliphatic hydroxyl groups excluding tert-OH is 2. The van der Waals surface area contributed by atoms with E-state index in [9.17, 15) is 10.2 Å². The van der Waals surface area contributed by atoms with E-state index in [0.717, 1.165) is 49.5 Å². The van der Waals surface area contributed by atoms with E-state index in [1.807, 2.05) is 0 Å². The van der Waals surface area contributed by atoms with Crippen molar-refractivity contribution < 1.29 is 10.2 Å².